The highest BCUT2D eigenvalue weighted by molar-refractivity contribution is 6.32. The molecule has 11 heteroatoms. The molecule has 0 unspecified atom stereocenters. The van der Waals surface area contributed by atoms with Crippen LogP contribution in [0.15, 0.2) is 41.7 Å². The van der Waals surface area contributed by atoms with E-state index in [4.69, 9.17) is 11.6 Å². The Morgan fingerprint density at radius 1 is 1.08 bits per heavy atom. The molecule has 0 aliphatic heterocycles. The van der Waals surface area contributed by atoms with Crippen molar-refractivity contribution >= 4 is 23.8 Å². The number of aromatic nitrogens is 1. The number of halogens is 7. The Balaban J connectivity index is 2.27. The van der Waals surface area contributed by atoms with Crippen LogP contribution >= 0.6 is 11.6 Å². The van der Waals surface area contributed by atoms with Gasteiger partial charge in [0.15, 0.2) is 0 Å². The molecule has 1 aromatic carbocycles. The highest BCUT2D eigenvalue weighted by Crippen LogP contribution is 2.36. The van der Waals surface area contributed by atoms with Crippen molar-refractivity contribution in [3.63, 3.8) is 0 Å². The van der Waals surface area contributed by atoms with E-state index in [0.29, 0.717) is 18.3 Å². The second kappa shape index (κ2) is 7.32. The summed E-state index contributed by atoms with van der Waals surface area (Å²) in [5.41, 5.74) is -3.77. The van der Waals surface area contributed by atoms with Gasteiger partial charge in [-0.3, -0.25) is 0 Å². The van der Waals surface area contributed by atoms with E-state index < -0.39 is 35.0 Å². The maximum absolute atomic E-state index is 12.7. The Hall–Kier alpha value is -2.62. The molecule has 0 saturated carbocycles. The summed E-state index contributed by atoms with van der Waals surface area (Å²) >= 11 is 5.64. The average molecular weight is 397 g/mol. The van der Waals surface area contributed by atoms with E-state index in [1.165, 1.54) is 18.3 Å². The summed E-state index contributed by atoms with van der Waals surface area (Å²) in [6, 6.07) is 3.46. The molecule has 0 amide bonds. The van der Waals surface area contributed by atoms with Crippen molar-refractivity contribution in [3.8, 4) is 0 Å². The van der Waals surface area contributed by atoms with E-state index in [2.05, 4.69) is 15.0 Å². The van der Waals surface area contributed by atoms with Gasteiger partial charge in [0.2, 0.25) is 0 Å². The summed E-state index contributed by atoms with van der Waals surface area (Å²) in [5.74, 6) is -1.08. The number of pyridine rings is 1. The molecule has 138 valence electrons. The number of benzene rings is 1. The molecule has 2 aromatic rings. The second-order valence-electron chi connectivity index (χ2n) is 4.79. The topological polar surface area (TPSA) is 51.5 Å². The second-order valence-corrected chi connectivity index (χ2v) is 5.15. The lowest BCUT2D eigenvalue weighted by Crippen LogP contribution is -2.11. The van der Waals surface area contributed by atoms with E-state index in [1.807, 2.05) is 0 Å². The van der Waals surface area contributed by atoms with Crippen molar-refractivity contribution in [1.29, 1.82) is 0 Å². The maximum Gasteiger partial charge on any atom is 0.416 e. The fourth-order valence-electron chi connectivity index (χ4n) is 1.78. The van der Waals surface area contributed by atoms with Crippen molar-refractivity contribution in [2.75, 3.05) is 0 Å². The van der Waals surface area contributed by atoms with Crippen LogP contribution in [0.4, 0.5) is 26.3 Å². The van der Waals surface area contributed by atoms with Gasteiger partial charge in [0.05, 0.1) is 22.9 Å². The number of nitrogens with zero attached hydrogens (tertiary/aromatic N) is 2. The van der Waals surface area contributed by atoms with Crippen LogP contribution in [0.3, 0.4) is 0 Å². The summed E-state index contributed by atoms with van der Waals surface area (Å²) in [6.07, 6.45) is -8.15. The minimum atomic E-state index is -5.00. The fourth-order valence-corrected chi connectivity index (χ4v) is 1.97. The van der Waals surface area contributed by atoms with Gasteiger partial charge in [-0.1, -0.05) is 16.8 Å². The SMILES string of the molecule is O=C(O/N=C/c1cc(C(F)(F)F)cc(C(F)(F)F)c1)c1cccnc1Cl. The Kier molecular flexibility index (Phi) is 5.55. The number of hydrogen-bond acceptors (Lipinski definition) is 4. The molecule has 4 nitrogen and oxygen atoms in total. The summed E-state index contributed by atoms with van der Waals surface area (Å²) in [6.45, 7) is 0. The van der Waals surface area contributed by atoms with Crippen molar-refractivity contribution in [2.24, 2.45) is 5.16 Å². The van der Waals surface area contributed by atoms with Gasteiger partial charge in [-0.2, -0.15) is 26.3 Å². The molecule has 0 N–H and O–H groups in total. The van der Waals surface area contributed by atoms with Crippen LogP contribution in [0.2, 0.25) is 5.15 Å². The van der Waals surface area contributed by atoms with Crippen LogP contribution in [0, 0.1) is 0 Å². The molecule has 0 aliphatic carbocycles. The predicted octanol–water partition coefficient (Wildman–Crippen LogP) is 4.96. The lowest BCUT2D eigenvalue weighted by molar-refractivity contribution is -0.143. The molecular weight excluding hydrogens is 390 g/mol. The van der Waals surface area contributed by atoms with E-state index >= 15 is 0 Å². The zero-order valence-corrected chi connectivity index (χ0v) is 13.2. The maximum atomic E-state index is 12.7. The van der Waals surface area contributed by atoms with Gasteiger partial charge in [0, 0.05) is 6.20 Å². The normalized spacial score (nSPS) is 12.4. The number of hydrogen-bond donors (Lipinski definition) is 0. The first-order valence-corrected chi connectivity index (χ1v) is 7.01. The summed E-state index contributed by atoms with van der Waals surface area (Å²) in [4.78, 5) is 19.7. The third-order valence-electron chi connectivity index (χ3n) is 2.93. The first-order chi connectivity index (χ1) is 12.0. The summed E-state index contributed by atoms with van der Waals surface area (Å²) in [7, 11) is 0. The molecule has 0 bridgehead atoms. The molecular formula is C15H7ClF6N2O2. The standard InChI is InChI=1S/C15H7ClF6N2O2/c16-12-11(2-1-3-23-12)13(25)26-24-7-8-4-9(14(17,18)19)6-10(5-8)15(20,21)22/h1-7H/b24-7+. The Bertz CT molecular complexity index is 817. The number of carbonyl (C=O) groups excluding carboxylic acids is 1. The van der Waals surface area contributed by atoms with Crippen LogP contribution in [0.25, 0.3) is 0 Å². The van der Waals surface area contributed by atoms with Gasteiger partial charge in [-0.25, -0.2) is 9.78 Å². The quantitative estimate of drug-likeness (QED) is 0.242. The van der Waals surface area contributed by atoms with E-state index in [0.717, 1.165) is 0 Å². The van der Waals surface area contributed by atoms with Crippen molar-refractivity contribution in [1.82, 2.24) is 4.98 Å². The first kappa shape index (κ1) is 19.7. The van der Waals surface area contributed by atoms with Gasteiger partial charge in [0.1, 0.15) is 5.15 Å². The predicted molar refractivity (Wildman–Crippen MR) is 78.7 cm³/mol. The Labute approximate surface area is 147 Å². The van der Waals surface area contributed by atoms with Crippen LogP contribution < -0.4 is 0 Å². The summed E-state index contributed by atoms with van der Waals surface area (Å²) < 4.78 is 76.4. The molecule has 0 spiro atoms. The van der Waals surface area contributed by atoms with Gasteiger partial charge in [-0.15, -0.1) is 0 Å². The molecule has 0 fully saturated rings. The van der Waals surface area contributed by atoms with Crippen molar-refractivity contribution in [2.45, 2.75) is 12.4 Å². The van der Waals surface area contributed by atoms with E-state index in [-0.39, 0.29) is 16.8 Å². The largest absolute Gasteiger partial charge is 0.416 e. The molecule has 26 heavy (non-hydrogen) atoms. The zero-order valence-electron chi connectivity index (χ0n) is 12.4. The number of alkyl halides is 6. The Morgan fingerprint density at radius 3 is 2.15 bits per heavy atom. The van der Waals surface area contributed by atoms with Gasteiger partial charge >= 0.3 is 18.3 Å². The van der Waals surface area contributed by atoms with Gasteiger partial charge < -0.3 is 4.84 Å². The lowest BCUT2D eigenvalue weighted by atomic mass is 10.1. The molecule has 0 aliphatic rings. The highest BCUT2D eigenvalue weighted by atomic mass is 35.5. The molecule has 2 rings (SSSR count). The number of carbonyl (C=O) groups is 1. The monoisotopic (exact) mass is 396 g/mol. The number of oxime groups is 1. The zero-order chi connectivity index (χ0) is 19.5. The molecule has 0 atom stereocenters. The number of rotatable bonds is 3. The van der Waals surface area contributed by atoms with Gasteiger partial charge in [-0.05, 0) is 35.9 Å². The molecule has 1 heterocycles. The average Bonchev–Trinajstić information content (AvgIpc) is 2.53. The van der Waals surface area contributed by atoms with Gasteiger partial charge in [0.25, 0.3) is 0 Å². The van der Waals surface area contributed by atoms with Crippen molar-refractivity contribution in [3.05, 3.63) is 63.9 Å². The van der Waals surface area contributed by atoms with Crippen molar-refractivity contribution < 1.29 is 36.0 Å². The molecule has 0 saturated heterocycles. The molecule has 1 aromatic heterocycles. The Morgan fingerprint density at radius 2 is 1.65 bits per heavy atom. The lowest BCUT2D eigenvalue weighted by Gasteiger charge is -2.12. The smallest absolute Gasteiger partial charge is 0.313 e. The first-order valence-electron chi connectivity index (χ1n) is 6.63. The highest BCUT2D eigenvalue weighted by Gasteiger charge is 2.36. The summed E-state index contributed by atoms with van der Waals surface area (Å²) in [5, 5.41) is 2.91. The fraction of sp³-hybridized carbons (Fsp3) is 0.133. The molecule has 0 radical (unpaired) electrons. The third kappa shape index (κ3) is 4.94. The van der Waals surface area contributed by atoms with Crippen LogP contribution in [0.1, 0.15) is 27.0 Å². The minimum Gasteiger partial charge on any atom is -0.313 e. The minimum absolute atomic E-state index is 0.0290. The van der Waals surface area contributed by atoms with E-state index in [1.54, 1.807) is 0 Å². The van der Waals surface area contributed by atoms with E-state index in [9.17, 15) is 31.1 Å². The van der Waals surface area contributed by atoms with Crippen LogP contribution in [-0.2, 0) is 17.2 Å². The van der Waals surface area contributed by atoms with Crippen LogP contribution in [-0.4, -0.2) is 17.2 Å². The van der Waals surface area contributed by atoms with Crippen LogP contribution in [0.5, 0.6) is 0 Å². The third-order valence-corrected chi connectivity index (χ3v) is 3.23.